The van der Waals surface area contributed by atoms with E-state index in [9.17, 15) is 23.4 Å². The van der Waals surface area contributed by atoms with E-state index in [2.05, 4.69) is 10.3 Å². The summed E-state index contributed by atoms with van der Waals surface area (Å²) < 4.78 is 39.2. The number of aliphatic hydroxyl groups is 1. The van der Waals surface area contributed by atoms with Crippen molar-refractivity contribution in [3.63, 3.8) is 0 Å². The van der Waals surface area contributed by atoms with Gasteiger partial charge in [-0.15, -0.1) is 0 Å². The summed E-state index contributed by atoms with van der Waals surface area (Å²) in [5.41, 5.74) is -0.0195. The Kier molecular flexibility index (Phi) is 6.53. The first-order valence-electron chi connectivity index (χ1n) is 8.84. The summed E-state index contributed by atoms with van der Waals surface area (Å²) in [6, 6.07) is 12.5. The van der Waals surface area contributed by atoms with Crippen molar-refractivity contribution in [2.75, 3.05) is 11.9 Å². The molecule has 0 atom stereocenters. The van der Waals surface area contributed by atoms with E-state index in [0.29, 0.717) is 18.1 Å². The van der Waals surface area contributed by atoms with Gasteiger partial charge in [0.25, 0.3) is 0 Å². The number of phenolic OH excluding ortho intramolecular Hbond substituents is 1. The molecule has 0 heterocycles. The fourth-order valence-electron chi connectivity index (χ4n) is 2.71. The maximum Gasteiger partial charge on any atom is 0.420 e. The van der Waals surface area contributed by atoms with Crippen LogP contribution in [0, 0.1) is 0 Å². The summed E-state index contributed by atoms with van der Waals surface area (Å²) in [5.74, 6) is -0.633. The van der Waals surface area contributed by atoms with Crippen LogP contribution in [0.2, 0.25) is 0 Å². The van der Waals surface area contributed by atoms with Crippen LogP contribution in [-0.4, -0.2) is 21.9 Å². The second-order valence-electron chi connectivity index (χ2n) is 6.36. The van der Waals surface area contributed by atoms with Crippen LogP contribution in [0.1, 0.15) is 18.4 Å². The Balaban J connectivity index is 1.85. The lowest BCUT2D eigenvalue weighted by molar-refractivity contribution is -0.138. The second kappa shape index (κ2) is 9.09. The third-order valence-corrected chi connectivity index (χ3v) is 5.04. The lowest BCUT2D eigenvalue weighted by Gasteiger charge is -2.14. The van der Waals surface area contributed by atoms with Crippen LogP contribution in [0.3, 0.4) is 0 Å². The highest BCUT2D eigenvalue weighted by Gasteiger charge is 2.34. The van der Waals surface area contributed by atoms with Crippen molar-refractivity contribution < 1.29 is 23.4 Å². The third kappa shape index (κ3) is 6.05. The van der Waals surface area contributed by atoms with E-state index in [1.54, 1.807) is 12.2 Å². The molecular weight excluding hydrogens is 401 g/mol. The van der Waals surface area contributed by atoms with E-state index < -0.39 is 17.5 Å². The molecule has 0 bridgehead atoms. The minimum Gasteiger partial charge on any atom is -0.508 e. The summed E-state index contributed by atoms with van der Waals surface area (Å²) in [4.78, 5) is 5.37. The molecule has 3 N–H and O–H groups in total. The molecule has 0 saturated carbocycles. The topological polar surface area (TPSA) is 64.9 Å². The number of benzene rings is 2. The molecule has 29 heavy (non-hydrogen) atoms. The van der Waals surface area contributed by atoms with Gasteiger partial charge in [-0.25, -0.2) is 0 Å². The number of thioether (sulfide) groups is 1. The number of allylic oxidation sites excluding steroid dienone is 2. The molecule has 8 heteroatoms. The van der Waals surface area contributed by atoms with Crippen LogP contribution in [0.25, 0.3) is 0 Å². The molecular formula is C21H19F3N2O2S. The van der Waals surface area contributed by atoms with Gasteiger partial charge in [-0.3, -0.25) is 4.99 Å². The zero-order chi connectivity index (χ0) is 20.9. The molecule has 0 fully saturated rings. The molecule has 2 aromatic rings. The Hall–Kier alpha value is -2.87. The van der Waals surface area contributed by atoms with Crippen molar-refractivity contribution in [2.45, 2.75) is 23.9 Å². The van der Waals surface area contributed by atoms with Gasteiger partial charge in [-0.05, 0) is 60.9 Å². The van der Waals surface area contributed by atoms with Gasteiger partial charge in [0.15, 0.2) is 5.17 Å². The molecule has 0 aliphatic heterocycles. The van der Waals surface area contributed by atoms with Gasteiger partial charge in [0, 0.05) is 10.6 Å². The molecule has 0 saturated heterocycles. The Morgan fingerprint density at radius 1 is 1.10 bits per heavy atom. The standard InChI is InChI=1S/C21H19F3N2O2S/c22-21(23,24)18-12-15(9-10-19(18)28)26-20(29-17-7-2-1-3-8-17)25-13-14-5-4-6-16(27)11-14/h1-3,6-12,27-28H,4-5,13H2,(H,25,26). The first kappa shape index (κ1) is 20.9. The predicted molar refractivity (Wildman–Crippen MR) is 109 cm³/mol. The monoisotopic (exact) mass is 420 g/mol. The zero-order valence-corrected chi connectivity index (χ0v) is 16.1. The summed E-state index contributed by atoms with van der Waals surface area (Å²) in [5, 5.41) is 22.5. The van der Waals surface area contributed by atoms with Gasteiger partial charge in [0.1, 0.15) is 11.5 Å². The Morgan fingerprint density at radius 2 is 1.86 bits per heavy atom. The number of aliphatic hydroxyl groups excluding tert-OH is 1. The molecule has 4 nitrogen and oxygen atoms in total. The Labute approximate surface area is 170 Å². The second-order valence-corrected chi connectivity index (χ2v) is 7.42. The number of halogens is 3. The summed E-state index contributed by atoms with van der Waals surface area (Å²) in [6.07, 6.45) is 0.186. The number of anilines is 1. The molecule has 0 aromatic heterocycles. The van der Waals surface area contributed by atoms with Gasteiger partial charge in [-0.1, -0.05) is 30.0 Å². The average molecular weight is 420 g/mol. The molecule has 3 rings (SSSR count). The molecule has 152 valence electrons. The van der Waals surface area contributed by atoms with Gasteiger partial charge in [-0.2, -0.15) is 13.2 Å². The van der Waals surface area contributed by atoms with Gasteiger partial charge < -0.3 is 15.5 Å². The van der Waals surface area contributed by atoms with Crippen LogP contribution in [0.4, 0.5) is 18.9 Å². The smallest absolute Gasteiger partial charge is 0.420 e. The number of hydrogen-bond acceptors (Lipinski definition) is 4. The first-order chi connectivity index (χ1) is 13.8. The lowest BCUT2D eigenvalue weighted by Crippen LogP contribution is -2.11. The number of rotatable bonds is 4. The summed E-state index contributed by atoms with van der Waals surface area (Å²) >= 11 is 1.28. The van der Waals surface area contributed by atoms with E-state index in [-0.39, 0.29) is 11.4 Å². The van der Waals surface area contributed by atoms with E-state index in [0.717, 1.165) is 29.0 Å². The average Bonchev–Trinajstić information content (AvgIpc) is 2.67. The largest absolute Gasteiger partial charge is 0.508 e. The fraction of sp³-hybridized carbons (Fsp3) is 0.190. The SMILES string of the molecule is OC1=CCCC(CN=C(Nc2ccc(O)c(C(F)(F)F)c2)Sc2ccccc2)=C1. The summed E-state index contributed by atoms with van der Waals surface area (Å²) in [7, 11) is 0. The van der Waals surface area contributed by atoms with E-state index >= 15 is 0 Å². The number of phenols is 1. The number of nitrogens with zero attached hydrogens (tertiary/aromatic N) is 1. The highest BCUT2D eigenvalue weighted by atomic mass is 32.2. The van der Waals surface area contributed by atoms with Crippen LogP contribution in [-0.2, 0) is 6.18 Å². The van der Waals surface area contributed by atoms with Crippen LogP contribution in [0.5, 0.6) is 5.75 Å². The number of nitrogens with one attached hydrogen (secondary N) is 1. The molecule has 0 amide bonds. The van der Waals surface area contributed by atoms with Crippen molar-refractivity contribution in [3.8, 4) is 5.75 Å². The van der Waals surface area contributed by atoms with Crippen molar-refractivity contribution >= 4 is 22.6 Å². The molecule has 2 aromatic carbocycles. The maximum absolute atomic E-state index is 13.1. The quantitative estimate of drug-likeness (QED) is 0.241. The summed E-state index contributed by atoms with van der Waals surface area (Å²) in [6.45, 7) is 0.310. The van der Waals surface area contributed by atoms with Gasteiger partial charge in [0.2, 0.25) is 0 Å². The van der Waals surface area contributed by atoms with Crippen molar-refractivity contribution in [2.24, 2.45) is 4.99 Å². The zero-order valence-electron chi connectivity index (χ0n) is 15.3. The minimum atomic E-state index is -4.66. The van der Waals surface area contributed by atoms with E-state index in [1.807, 2.05) is 30.3 Å². The molecule has 1 aliphatic rings. The molecule has 0 unspecified atom stereocenters. The number of amidine groups is 1. The van der Waals surface area contributed by atoms with Crippen LogP contribution >= 0.6 is 11.8 Å². The Bertz CT molecular complexity index is 954. The molecule has 0 spiro atoms. The number of aliphatic imine (C=N–C) groups is 1. The van der Waals surface area contributed by atoms with Gasteiger partial charge >= 0.3 is 6.18 Å². The molecule has 0 radical (unpaired) electrons. The van der Waals surface area contributed by atoms with Crippen molar-refractivity contribution in [1.29, 1.82) is 0 Å². The maximum atomic E-state index is 13.1. The molecule has 1 aliphatic carbocycles. The number of hydrogen-bond donors (Lipinski definition) is 3. The van der Waals surface area contributed by atoms with Crippen molar-refractivity contribution in [1.82, 2.24) is 0 Å². The number of aromatic hydroxyl groups is 1. The third-order valence-electron chi connectivity index (χ3n) is 4.11. The fourth-order valence-corrected chi connectivity index (χ4v) is 3.52. The van der Waals surface area contributed by atoms with Crippen LogP contribution in [0.15, 0.2) is 81.9 Å². The lowest BCUT2D eigenvalue weighted by atomic mass is 10.0. The highest BCUT2D eigenvalue weighted by molar-refractivity contribution is 8.14. The van der Waals surface area contributed by atoms with Crippen LogP contribution < -0.4 is 5.32 Å². The number of alkyl halides is 3. The van der Waals surface area contributed by atoms with E-state index in [4.69, 9.17) is 0 Å². The van der Waals surface area contributed by atoms with Crippen molar-refractivity contribution in [3.05, 3.63) is 77.6 Å². The van der Waals surface area contributed by atoms with E-state index in [1.165, 1.54) is 17.8 Å². The van der Waals surface area contributed by atoms with Gasteiger partial charge in [0.05, 0.1) is 12.1 Å². The Morgan fingerprint density at radius 3 is 2.55 bits per heavy atom. The normalized spacial score (nSPS) is 14.9. The first-order valence-corrected chi connectivity index (χ1v) is 9.66. The minimum absolute atomic E-state index is 0.165. The highest BCUT2D eigenvalue weighted by Crippen LogP contribution is 2.37. The predicted octanol–water partition coefficient (Wildman–Crippen LogP) is 6.13.